The maximum atomic E-state index is 11.8. The van der Waals surface area contributed by atoms with Crippen LogP contribution >= 0.6 is 10.8 Å². The average Bonchev–Trinajstić information content (AvgIpc) is 2.88. The Kier molecular flexibility index (Phi) is 2.58. The average molecular weight is 228 g/mol. The molecular formula is C10H12O2S2. The van der Waals surface area contributed by atoms with Crippen LogP contribution in [0.15, 0.2) is 29.2 Å². The van der Waals surface area contributed by atoms with Crippen molar-refractivity contribution in [3.05, 3.63) is 29.8 Å². The topological polar surface area (TPSA) is 34.1 Å². The third-order valence-corrected chi connectivity index (χ3v) is 6.10. The molecule has 0 spiro atoms. The molecule has 1 fully saturated rings. The van der Waals surface area contributed by atoms with E-state index in [-0.39, 0.29) is 0 Å². The third kappa shape index (κ3) is 2.30. The van der Waals surface area contributed by atoms with Gasteiger partial charge in [-0.25, -0.2) is 8.42 Å². The minimum atomic E-state index is -3.10. The molecule has 0 aromatic heterocycles. The predicted molar refractivity (Wildman–Crippen MR) is 59.0 cm³/mol. The molecule has 2 nitrogen and oxygen atoms in total. The summed E-state index contributed by atoms with van der Waals surface area (Å²) in [6.07, 6.45) is 2.07. The SMILES string of the molecule is Cc1ccc(S(=O)(=O)SC2CC2)cc1. The lowest BCUT2D eigenvalue weighted by atomic mass is 10.2. The molecule has 0 saturated heterocycles. The molecular weight excluding hydrogens is 216 g/mol. The van der Waals surface area contributed by atoms with Crippen LogP contribution in [0.3, 0.4) is 0 Å². The standard InChI is InChI=1S/C10H12O2S2/c1-8-2-6-10(7-3-8)14(11,12)13-9-4-5-9/h2-3,6-7,9H,4-5H2,1H3. The van der Waals surface area contributed by atoms with Crippen LogP contribution in [0.4, 0.5) is 0 Å². The second kappa shape index (κ2) is 3.59. The number of aryl methyl sites for hydroxylation is 1. The fourth-order valence-corrected chi connectivity index (χ4v) is 4.69. The van der Waals surface area contributed by atoms with E-state index in [0.29, 0.717) is 10.1 Å². The Labute approximate surface area is 88.0 Å². The number of rotatable bonds is 3. The number of hydrogen-bond acceptors (Lipinski definition) is 3. The second-order valence-electron chi connectivity index (χ2n) is 3.56. The Hall–Kier alpha value is -0.480. The van der Waals surface area contributed by atoms with Gasteiger partial charge in [-0.05, 0) is 42.7 Å². The molecule has 1 aliphatic rings. The second-order valence-corrected chi connectivity index (χ2v) is 7.70. The quantitative estimate of drug-likeness (QED) is 0.746. The van der Waals surface area contributed by atoms with Gasteiger partial charge in [-0.1, -0.05) is 17.7 Å². The van der Waals surface area contributed by atoms with Crippen LogP contribution in [0.25, 0.3) is 0 Å². The summed E-state index contributed by atoms with van der Waals surface area (Å²) in [5.41, 5.74) is 1.08. The van der Waals surface area contributed by atoms with Gasteiger partial charge in [0.05, 0.1) is 4.90 Å². The first-order valence-corrected chi connectivity index (χ1v) is 7.46. The Balaban J connectivity index is 2.24. The maximum Gasteiger partial charge on any atom is 0.230 e. The molecule has 0 bridgehead atoms. The van der Waals surface area contributed by atoms with Crippen molar-refractivity contribution in [2.75, 3.05) is 0 Å². The molecule has 4 heteroatoms. The van der Waals surface area contributed by atoms with Gasteiger partial charge < -0.3 is 0 Å². The molecule has 2 rings (SSSR count). The fourth-order valence-electron chi connectivity index (χ4n) is 1.10. The molecule has 0 aliphatic heterocycles. The van der Waals surface area contributed by atoms with E-state index in [4.69, 9.17) is 0 Å². The van der Waals surface area contributed by atoms with E-state index in [2.05, 4.69) is 0 Å². The zero-order valence-corrected chi connectivity index (χ0v) is 9.57. The molecule has 1 aliphatic carbocycles. The lowest BCUT2D eigenvalue weighted by Crippen LogP contribution is -1.96. The van der Waals surface area contributed by atoms with Gasteiger partial charge in [-0.15, -0.1) is 0 Å². The Bertz CT molecular complexity index is 416. The zero-order chi connectivity index (χ0) is 10.2. The highest BCUT2D eigenvalue weighted by molar-refractivity contribution is 8.72. The Morgan fingerprint density at radius 1 is 1.21 bits per heavy atom. The lowest BCUT2D eigenvalue weighted by Gasteiger charge is -2.02. The largest absolute Gasteiger partial charge is 0.230 e. The van der Waals surface area contributed by atoms with E-state index < -0.39 is 8.87 Å². The first-order chi connectivity index (χ1) is 6.58. The molecule has 0 heterocycles. The molecule has 1 aromatic rings. The van der Waals surface area contributed by atoms with Crippen molar-refractivity contribution in [1.29, 1.82) is 0 Å². The van der Waals surface area contributed by atoms with E-state index in [1.54, 1.807) is 12.1 Å². The monoisotopic (exact) mass is 228 g/mol. The number of hydrogen-bond donors (Lipinski definition) is 0. The van der Waals surface area contributed by atoms with Crippen molar-refractivity contribution >= 4 is 19.7 Å². The van der Waals surface area contributed by atoms with E-state index >= 15 is 0 Å². The van der Waals surface area contributed by atoms with Gasteiger partial charge in [0, 0.05) is 5.25 Å². The van der Waals surface area contributed by atoms with Gasteiger partial charge in [0.1, 0.15) is 0 Å². The van der Waals surface area contributed by atoms with Crippen molar-refractivity contribution in [3.8, 4) is 0 Å². The lowest BCUT2D eigenvalue weighted by molar-refractivity contribution is 0.610. The van der Waals surface area contributed by atoms with Crippen molar-refractivity contribution in [3.63, 3.8) is 0 Å². The third-order valence-electron chi connectivity index (χ3n) is 2.10. The van der Waals surface area contributed by atoms with Gasteiger partial charge in [0.2, 0.25) is 8.87 Å². The Morgan fingerprint density at radius 3 is 2.29 bits per heavy atom. The van der Waals surface area contributed by atoms with Gasteiger partial charge in [-0.2, -0.15) is 0 Å². The van der Waals surface area contributed by atoms with Crippen LogP contribution in [0.5, 0.6) is 0 Å². The van der Waals surface area contributed by atoms with Gasteiger partial charge in [0.15, 0.2) is 0 Å². The van der Waals surface area contributed by atoms with Gasteiger partial charge >= 0.3 is 0 Å². The first-order valence-electron chi connectivity index (χ1n) is 4.58. The molecule has 0 N–H and O–H groups in total. The van der Waals surface area contributed by atoms with E-state index in [0.717, 1.165) is 29.2 Å². The van der Waals surface area contributed by atoms with Crippen LogP contribution in [0, 0.1) is 6.92 Å². The number of benzene rings is 1. The minimum absolute atomic E-state index is 0.335. The zero-order valence-electron chi connectivity index (χ0n) is 7.93. The molecule has 1 saturated carbocycles. The van der Waals surface area contributed by atoms with E-state index in [1.165, 1.54) is 0 Å². The van der Waals surface area contributed by atoms with Crippen LogP contribution in [-0.4, -0.2) is 13.7 Å². The van der Waals surface area contributed by atoms with Crippen molar-refractivity contribution < 1.29 is 8.42 Å². The van der Waals surface area contributed by atoms with Crippen LogP contribution in [-0.2, 0) is 8.87 Å². The summed E-state index contributed by atoms with van der Waals surface area (Å²) in [6.45, 7) is 1.95. The summed E-state index contributed by atoms with van der Waals surface area (Å²) in [6, 6.07) is 7.03. The molecule has 14 heavy (non-hydrogen) atoms. The normalized spacial score (nSPS) is 16.9. The van der Waals surface area contributed by atoms with Crippen LogP contribution in [0.1, 0.15) is 18.4 Å². The van der Waals surface area contributed by atoms with Gasteiger partial charge in [-0.3, -0.25) is 0 Å². The summed E-state index contributed by atoms with van der Waals surface area (Å²) in [5, 5.41) is 0.335. The molecule has 76 valence electrons. The molecule has 0 atom stereocenters. The maximum absolute atomic E-state index is 11.8. The van der Waals surface area contributed by atoms with Crippen LogP contribution < -0.4 is 0 Å². The summed E-state index contributed by atoms with van der Waals surface area (Å²) in [7, 11) is -2.00. The van der Waals surface area contributed by atoms with Crippen molar-refractivity contribution in [2.24, 2.45) is 0 Å². The highest BCUT2D eigenvalue weighted by Crippen LogP contribution is 2.40. The summed E-state index contributed by atoms with van der Waals surface area (Å²) < 4.78 is 23.5. The van der Waals surface area contributed by atoms with Crippen molar-refractivity contribution in [1.82, 2.24) is 0 Å². The summed E-state index contributed by atoms with van der Waals surface area (Å²) >= 11 is 0. The summed E-state index contributed by atoms with van der Waals surface area (Å²) in [4.78, 5) is 0.431. The smallest absolute Gasteiger partial charge is 0.212 e. The molecule has 0 radical (unpaired) electrons. The highest BCUT2D eigenvalue weighted by Gasteiger charge is 2.29. The Morgan fingerprint density at radius 2 is 1.79 bits per heavy atom. The molecule has 0 unspecified atom stereocenters. The summed E-state index contributed by atoms with van der Waals surface area (Å²) in [5.74, 6) is 0. The minimum Gasteiger partial charge on any atom is -0.212 e. The highest BCUT2D eigenvalue weighted by atomic mass is 33.1. The van der Waals surface area contributed by atoms with Gasteiger partial charge in [0.25, 0.3) is 0 Å². The first kappa shape index (κ1) is 10.1. The predicted octanol–water partition coefficient (Wildman–Crippen LogP) is 2.58. The van der Waals surface area contributed by atoms with Crippen LogP contribution in [0.2, 0.25) is 0 Å². The van der Waals surface area contributed by atoms with E-state index in [9.17, 15) is 8.42 Å². The van der Waals surface area contributed by atoms with E-state index in [1.807, 2.05) is 19.1 Å². The fraction of sp³-hybridized carbons (Fsp3) is 0.400. The van der Waals surface area contributed by atoms with Crippen molar-refractivity contribution in [2.45, 2.75) is 29.9 Å². The molecule has 0 amide bonds. The molecule has 1 aromatic carbocycles.